The highest BCUT2D eigenvalue weighted by Gasteiger charge is 2.28. The number of pyridine rings is 2. The van der Waals surface area contributed by atoms with Gasteiger partial charge in [0, 0.05) is 38.0 Å². The van der Waals surface area contributed by atoms with Gasteiger partial charge in [0.05, 0.1) is 30.1 Å². The molecule has 0 bridgehead atoms. The van der Waals surface area contributed by atoms with Crippen molar-refractivity contribution in [3.8, 4) is 0 Å². The summed E-state index contributed by atoms with van der Waals surface area (Å²) in [6.45, 7) is 13.0. The Labute approximate surface area is 207 Å². The van der Waals surface area contributed by atoms with E-state index in [2.05, 4.69) is 15.2 Å². The fraction of sp³-hybridized carbons (Fsp3) is 0.556. The quantitative estimate of drug-likeness (QED) is 0.587. The van der Waals surface area contributed by atoms with Gasteiger partial charge in [-0.05, 0) is 63.3 Å². The first-order valence-corrected chi connectivity index (χ1v) is 12.4. The molecule has 8 heteroatoms. The molecule has 1 fully saturated rings. The molecule has 1 aliphatic rings. The van der Waals surface area contributed by atoms with Crippen molar-refractivity contribution in [2.24, 2.45) is 5.92 Å². The Morgan fingerprint density at radius 2 is 1.86 bits per heavy atom. The number of rotatable bonds is 9. The van der Waals surface area contributed by atoms with Gasteiger partial charge < -0.3 is 19.5 Å². The summed E-state index contributed by atoms with van der Waals surface area (Å²) in [6, 6.07) is 4.13. The van der Waals surface area contributed by atoms with Crippen LogP contribution in [0.5, 0.6) is 0 Å². The van der Waals surface area contributed by atoms with Crippen LogP contribution < -0.4 is 15.8 Å². The maximum absolute atomic E-state index is 13.5. The zero-order valence-corrected chi connectivity index (χ0v) is 21.7. The molecule has 3 rings (SSSR count). The van der Waals surface area contributed by atoms with E-state index in [1.165, 1.54) is 17.6 Å². The van der Waals surface area contributed by atoms with E-state index in [0.29, 0.717) is 6.42 Å². The molecule has 1 N–H and O–H groups in total. The minimum atomic E-state index is -0.672. The zero-order valence-electron chi connectivity index (χ0n) is 21.7. The highest BCUT2D eigenvalue weighted by Crippen LogP contribution is 2.26. The number of Topliss-reactive ketones (excluding diaryl/α,β-unsaturated/α-hetero) is 1. The molecular formula is C27H38N4O4. The molecule has 35 heavy (non-hydrogen) atoms. The molecule has 1 aliphatic heterocycles. The molecule has 0 radical (unpaired) electrons. The Morgan fingerprint density at radius 3 is 2.46 bits per heavy atom. The van der Waals surface area contributed by atoms with E-state index in [9.17, 15) is 14.4 Å². The number of hydrogen-bond acceptors (Lipinski definition) is 6. The number of anilines is 1. The Bertz CT molecular complexity index is 1090. The number of nitrogens with one attached hydrogen (secondary N) is 1. The van der Waals surface area contributed by atoms with E-state index in [1.54, 1.807) is 18.6 Å². The van der Waals surface area contributed by atoms with Crippen LogP contribution in [-0.4, -0.2) is 46.5 Å². The second kappa shape index (κ2) is 11.6. The van der Waals surface area contributed by atoms with Crippen molar-refractivity contribution in [1.82, 2.24) is 14.9 Å². The van der Waals surface area contributed by atoms with Gasteiger partial charge in [-0.15, -0.1) is 0 Å². The van der Waals surface area contributed by atoms with Crippen molar-refractivity contribution in [2.75, 3.05) is 18.0 Å². The van der Waals surface area contributed by atoms with Crippen molar-refractivity contribution in [3.05, 3.63) is 58.3 Å². The lowest BCUT2D eigenvalue weighted by atomic mass is 9.99. The molecule has 0 aliphatic carbocycles. The number of aromatic nitrogens is 2. The summed E-state index contributed by atoms with van der Waals surface area (Å²) in [5.41, 5.74) is 2.32. The van der Waals surface area contributed by atoms with Gasteiger partial charge in [0.15, 0.2) is 0 Å². The number of ketones is 1. The van der Waals surface area contributed by atoms with Gasteiger partial charge in [-0.3, -0.25) is 19.4 Å². The average Bonchev–Trinajstić information content (AvgIpc) is 2.76. The molecule has 0 unspecified atom stereocenters. The van der Waals surface area contributed by atoms with Crippen molar-refractivity contribution in [3.63, 3.8) is 0 Å². The summed E-state index contributed by atoms with van der Waals surface area (Å²) in [5.74, 6) is -0.127. The first-order chi connectivity index (χ1) is 16.5. The van der Waals surface area contributed by atoms with Crippen molar-refractivity contribution in [1.29, 1.82) is 0 Å². The standard InChI is InChI=1S/C27H38N4O4/c1-17(2)9-25(31-8-7-18(3)10-26(31)33)27(34)29-24(11-19(4)32)22-12-23(14-28-13-22)30-15-20(5)35-21(6)16-30/h7-8,10,12-14,17,20-21,24-25H,9,11,15-16H2,1-6H3,(H,29,34)/t20-,21+,24-,25-/m0/s1. The summed E-state index contributed by atoms with van der Waals surface area (Å²) in [4.78, 5) is 45.0. The normalized spacial score (nSPS) is 19.9. The van der Waals surface area contributed by atoms with Gasteiger partial charge in [0.1, 0.15) is 11.8 Å². The third-order valence-corrected chi connectivity index (χ3v) is 6.18. The van der Waals surface area contributed by atoms with Crippen molar-refractivity contribution < 1.29 is 14.3 Å². The summed E-state index contributed by atoms with van der Waals surface area (Å²) < 4.78 is 7.33. The fourth-order valence-electron chi connectivity index (χ4n) is 4.64. The minimum Gasteiger partial charge on any atom is -0.372 e. The van der Waals surface area contributed by atoms with Crippen LogP contribution in [-0.2, 0) is 14.3 Å². The van der Waals surface area contributed by atoms with Gasteiger partial charge >= 0.3 is 0 Å². The van der Waals surface area contributed by atoms with Crippen molar-refractivity contribution in [2.45, 2.75) is 78.7 Å². The molecule has 2 aromatic rings. The number of carbonyl (C=O) groups excluding carboxylic acids is 2. The van der Waals surface area contributed by atoms with E-state index in [1.807, 2.05) is 46.8 Å². The third kappa shape index (κ3) is 7.24. The first kappa shape index (κ1) is 26.6. The van der Waals surface area contributed by atoms with Gasteiger partial charge in [-0.2, -0.15) is 0 Å². The fourth-order valence-corrected chi connectivity index (χ4v) is 4.64. The SMILES string of the molecule is CC(=O)C[C@H](NC(=O)[C@H](CC(C)C)n1ccc(C)cc1=O)c1cncc(N2C[C@@H](C)O[C@@H](C)C2)c1. The Hall–Kier alpha value is -3.00. The molecule has 8 nitrogen and oxygen atoms in total. The van der Waals surface area contributed by atoms with E-state index >= 15 is 0 Å². The smallest absolute Gasteiger partial charge is 0.251 e. The van der Waals surface area contributed by atoms with Crippen LogP contribution in [0.3, 0.4) is 0 Å². The lowest BCUT2D eigenvalue weighted by molar-refractivity contribution is -0.126. The second-order valence-corrected chi connectivity index (χ2v) is 10.2. The molecular weight excluding hydrogens is 444 g/mol. The van der Waals surface area contributed by atoms with Gasteiger partial charge in [-0.1, -0.05) is 13.8 Å². The zero-order chi connectivity index (χ0) is 25.7. The van der Waals surface area contributed by atoms with Crippen LogP contribution in [0.15, 0.2) is 41.6 Å². The van der Waals surface area contributed by atoms with E-state index in [4.69, 9.17) is 4.74 Å². The predicted molar refractivity (Wildman–Crippen MR) is 137 cm³/mol. The van der Waals surface area contributed by atoms with Crippen LogP contribution in [0.25, 0.3) is 0 Å². The maximum atomic E-state index is 13.5. The largest absolute Gasteiger partial charge is 0.372 e. The number of morpholine rings is 1. The Balaban J connectivity index is 1.89. The average molecular weight is 483 g/mol. The summed E-state index contributed by atoms with van der Waals surface area (Å²) in [6.07, 6.45) is 6.01. The van der Waals surface area contributed by atoms with Gasteiger partial charge in [0.25, 0.3) is 5.56 Å². The predicted octanol–water partition coefficient (Wildman–Crippen LogP) is 3.59. The minimum absolute atomic E-state index is 0.0396. The molecule has 1 amide bonds. The molecule has 0 aromatic carbocycles. The topological polar surface area (TPSA) is 93.5 Å². The van der Waals surface area contributed by atoms with Crippen LogP contribution in [0.4, 0.5) is 5.69 Å². The van der Waals surface area contributed by atoms with E-state index < -0.39 is 12.1 Å². The van der Waals surface area contributed by atoms with E-state index in [0.717, 1.165) is 29.9 Å². The highest BCUT2D eigenvalue weighted by atomic mass is 16.5. The number of nitrogens with zero attached hydrogens (tertiary/aromatic N) is 3. The summed E-state index contributed by atoms with van der Waals surface area (Å²) in [7, 11) is 0. The third-order valence-electron chi connectivity index (χ3n) is 6.18. The van der Waals surface area contributed by atoms with Gasteiger partial charge in [-0.25, -0.2) is 0 Å². The van der Waals surface area contributed by atoms with Crippen LogP contribution in [0.1, 0.15) is 70.7 Å². The van der Waals surface area contributed by atoms with Crippen LogP contribution >= 0.6 is 0 Å². The molecule has 2 aromatic heterocycles. The van der Waals surface area contributed by atoms with Crippen LogP contribution in [0.2, 0.25) is 0 Å². The molecule has 0 spiro atoms. The Kier molecular flexibility index (Phi) is 8.83. The lowest BCUT2D eigenvalue weighted by Crippen LogP contribution is -2.45. The second-order valence-electron chi connectivity index (χ2n) is 10.2. The molecule has 3 heterocycles. The number of carbonyl (C=O) groups is 2. The van der Waals surface area contributed by atoms with Crippen molar-refractivity contribution >= 4 is 17.4 Å². The number of hydrogen-bond donors (Lipinski definition) is 1. The number of amides is 1. The molecule has 1 saturated heterocycles. The first-order valence-electron chi connectivity index (χ1n) is 12.4. The number of aryl methyl sites for hydroxylation is 1. The molecule has 0 saturated carbocycles. The van der Waals surface area contributed by atoms with E-state index in [-0.39, 0.29) is 41.8 Å². The molecule has 4 atom stereocenters. The number of ether oxygens (including phenoxy) is 1. The molecule has 190 valence electrons. The highest BCUT2D eigenvalue weighted by molar-refractivity contribution is 5.82. The lowest BCUT2D eigenvalue weighted by Gasteiger charge is -2.37. The van der Waals surface area contributed by atoms with Crippen LogP contribution in [0, 0.1) is 12.8 Å². The Morgan fingerprint density at radius 1 is 1.17 bits per heavy atom. The summed E-state index contributed by atoms with van der Waals surface area (Å²) >= 11 is 0. The monoisotopic (exact) mass is 482 g/mol. The maximum Gasteiger partial charge on any atom is 0.251 e. The summed E-state index contributed by atoms with van der Waals surface area (Å²) in [5, 5.41) is 3.06. The van der Waals surface area contributed by atoms with Gasteiger partial charge in [0.2, 0.25) is 5.91 Å².